The van der Waals surface area contributed by atoms with Crippen LogP contribution in [0.25, 0.3) is 0 Å². The van der Waals surface area contributed by atoms with Crippen molar-refractivity contribution in [3.05, 3.63) is 83.1 Å². The van der Waals surface area contributed by atoms with Gasteiger partial charge in [-0.25, -0.2) is 0 Å². The van der Waals surface area contributed by atoms with Crippen LogP contribution in [0.4, 0.5) is 5.69 Å². The van der Waals surface area contributed by atoms with E-state index in [1.165, 1.54) is 11.1 Å². The summed E-state index contributed by atoms with van der Waals surface area (Å²) in [6.45, 7) is 4.51. The highest BCUT2D eigenvalue weighted by molar-refractivity contribution is 5.98. The minimum absolute atomic E-state index is 0.0404. The maximum Gasteiger partial charge on any atom is 0.258 e. The highest BCUT2D eigenvalue weighted by Crippen LogP contribution is 2.34. The Kier molecular flexibility index (Phi) is 3.76. The highest BCUT2D eigenvalue weighted by atomic mass is 16.3. The van der Waals surface area contributed by atoms with Crippen LogP contribution in [0.3, 0.4) is 0 Å². The molecule has 5 heteroatoms. The monoisotopic (exact) mass is 333 g/mol. The zero-order valence-corrected chi connectivity index (χ0v) is 14.2. The number of aromatic nitrogens is 1. The number of amides is 1. The summed E-state index contributed by atoms with van der Waals surface area (Å²) in [5.41, 5.74) is 4.70. The first-order valence-corrected chi connectivity index (χ1v) is 8.25. The van der Waals surface area contributed by atoms with E-state index in [4.69, 9.17) is 4.42 Å². The number of nitrogens with zero attached hydrogens (tertiary/aromatic N) is 2. The lowest BCUT2D eigenvalue weighted by molar-refractivity contribution is 0.0714. The number of hydrogen-bond donors (Lipinski definition) is 1. The van der Waals surface area contributed by atoms with Crippen molar-refractivity contribution in [1.82, 2.24) is 9.88 Å². The van der Waals surface area contributed by atoms with E-state index in [9.17, 15) is 4.79 Å². The molecular formula is C20H19N3O2. The zero-order valence-electron chi connectivity index (χ0n) is 14.2. The second kappa shape index (κ2) is 6.09. The number of nitrogens with one attached hydrogen (secondary N) is 1. The quantitative estimate of drug-likeness (QED) is 0.782. The Bertz CT molecular complexity index is 898. The number of furan rings is 1. The van der Waals surface area contributed by atoms with Crippen molar-refractivity contribution in [2.24, 2.45) is 0 Å². The number of carbonyl (C=O) groups excluding carboxylic acids is 1. The molecule has 3 heterocycles. The van der Waals surface area contributed by atoms with Gasteiger partial charge in [-0.3, -0.25) is 9.78 Å². The molecule has 0 fully saturated rings. The molecule has 0 saturated heterocycles. The lowest BCUT2D eigenvalue weighted by Gasteiger charge is -2.26. The Morgan fingerprint density at radius 3 is 2.68 bits per heavy atom. The maximum absolute atomic E-state index is 12.9. The molecular weight excluding hydrogens is 314 g/mol. The minimum atomic E-state index is -0.324. The summed E-state index contributed by atoms with van der Waals surface area (Å²) in [6, 6.07) is 13.6. The average Bonchev–Trinajstić information content (AvgIpc) is 3.17. The van der Waals surface area contributed by atoms with Gasteiger partial charge in [-0.2, -0.15) is 0 Å². The van der Waals surface area contributed by atoms with E-state index >= 15 is 0 Å². The van der Waals surface area contributed by atoms with Gasteiger partial charge in [-0.15, -0.1) is 0 Å². The van der Waals surface area contributed by atoms with Crippen LogP contribution in [0.1, 0.15) is 39.1 Å². The number of hydrogen-bond acceptors (Lipinski definition) is 4. The molecule has 126 valence electrons. The van der Waals surface area contributed by atoms with E-state index in [0.717, 1.165) is 17.1 Å². The van der Waals surface area contributed by atoms with Gasteiger partial charge < -0.3 is 14.6 Å². The van der Waals surface area contributed by atoms with Crippen LogP contribution in [0.5, 0.6) is 0 Å². The number of aryl methyl sites for hydroxylation is 2. The number of pyridine rings is 1. The van der Waals surface area contributed by atoms with Crippen LogP contribution in [0.15, 0.2) is 59.3 Å². The van der Waals surface area contributed by atoms with Crippen molar-refractivity contribution in [2.75, 3.05) is 5.32 Å². The number of fused-ring (bicyclic) bond motifs is 1. The topological polar surface area (TPSA) is 58.4 Å². The first-order chi connectivity index (χ1) is 12.1. The van der Waals surface area contributed by atoms with Crippen LogP contribution in [0.2, 0.25) is 0 Å². The lowest BCUT2D eigenvalue weighted by Crippen LogP contribution is -2.32. The maximum atomic E-state index is 12.9. The van der Waals surface area contributed by atoms with Crippen molar-refractivity contribution in [3.8, 4) is 0 Å². The van der Waals surface area contributed by atoms with E-state index in [2.05, 4.69) is 42.3 Å². The van der Waals surface area contributed by atoms with E-state index in [0.29, 0.717) is 12.1 Å². The van der Waals surface area contributed by atoms with Crippen LogP contribution >= 0.6 is 0 Å². The molecule has 0 spiro atoms. The predicted octanol–water partition coefficient (Wildman–Crippen LogP) is 4.06. The van der Waals surface area contributed by atoms with Gasteiger partial charge in [0.1, 0.15) is 11.9 Å². The molecule has 1 atom stereocenters. The number of rotatable bonds is 4. The lowest BCUT2D eigenvalue weighted by atomic mass is 10.1. The molecule has 0 saturated carbocycles. The zero-order chi connectivity index (χ0) is 17.4. The van der Waals surface area contributed by atoms with Gasteiger partial charge in [0.05, 0.1) is 24.1 Å². The van der Waals surface area contributed by atoms with E-state index in [1.807, 2.05) is 18.2 Å². The summed E-state index contributed by atoms with van der Waals surface area (Å²) in [7, 11) is 0. The summed E-state index contributed by atoms with van der Waals surface area (Å²) < 4.78 is 5.44. The van der Waals surface area contributed by atoms with E-state index < -0.39 is 0 Å². The SMILES string of the molecule is Cc1cc(C)cc(NC2c3ncccc3C(=O)N2Cc2ccco2)c1. The van der Waals surface area contributed by atoms with Crippen LogP contribution in [-0.2, 0) is 6.54 Å². The second-order valence-electron chi connectivity index (χ2n) is 6.37. The van der Waals surface area contributed by atoms with E-state index in [-0.39, 0.29) is 12.1 Å². The molecule has 1 aromatic carbocycles. The van der Waals surface area contributed by atoms with Gasteiger partial charge in [0.2, 0.25) is 0 Å². The van der Waals surface area contributed by atoms with Gasteiger partial charge in [0.25, 0.3) is 5.91 Å². The third-order valence-corrected chi connectivity index (χ3v) is 4.33. The summed E-state index contributed by atoms with van der Waals surface area (Å²) in [5, 5.41) is 3.47. The number of anilines is 1. The fraction of sp³-hybridized carbons (Fsp3) is 0.200. The largest absolute Gasteiger partial charge is 0.467 e. The van der Waals surface area contributed by atoms with Crippen molar-refractivity contribution >= 4 is 11.6 Å². The fourth-order valence-electron chi connectivity index (χ4n) is 3.33. The van der Waals surface area contributed by atoms with Crippen molar-refractivity contribution < 1.29 is 9.21 Å². The highest BCUT2D eigenvalue weighted by Gasteiger charge is 2.38. The standard InChI is InChI=1S/C20H19N3O2/c1-13-9-14(2)11-15(10-13)22-19-18-17(6-3-7-21-18)20(24)23(19)12-16-5-4-8-25-16/h3-11,19,22H,12H2,1-2H3. The van der Waals surface area contributed by atoms with Gasteiger partial charge >= 0.3 is 0 Å². The molecule has 1 aliphatic heterocycles. The first kappa shape index (κ1) is 15.4. The summed E-state index contributed by atoms with van der Waals surface area (Å²) in [5.74, 6) is 0.703. The molecule has 4 rings (SSSR count). The molecule has 5 nitrogen and oxygen atoms in total. The molecule has 1 amide bonds. The van der Waals surface area contributed by atoms with Gasteiger partial charge in [-0.05, 0) is 61.4 Å². The van der Waals surface area contributed by atoms with Crippen molar-refractivity contribution in [1.29, 1.82) is 0 Å². The predicted molar refractivity (Wildman–Crippen MR) is 95.1 cm³/mol. The van der Waals surface area contributed by atoms with Gasteiger partial charge in [0.15, 0.2) is 0 Å². The molecule has 1 N–H and O–H groups in total. The van der Waals surface area contributed by atoms with Crippen LogP contribution < -0.4 is 5.32 Å². The molecule has 0 bridgehead atoms. The second-order valence-corrected chi connectivity index (χ2v) is 6.37. The Morgan fingerprint density at radius 1 is 1.16 bits per heavy atom. The molecule has 0 radical (unpaired) electrons. The Morgan fingerprint density at radius 2 is 1.96 bits per heavy atom. The van der Waals surface area contributed by atoms with Crippen molar-refractivity contribution in [2.45, 2.75) is 26.6 Å². The van der Waals surface area contributed by atoms with Gasteiger partial charge in [-0.1, -0.05) is 6.07 Å². The Labute approximate surface area is 146 Å². The summed E-state index contributed by atoms with van der Waals surface area (Å²) in [4.78, 5) is 19.1. The molecule has 1 unspecified atom stereocenters. The molecule has 25 heavy (non-hydrogen) atoms. The average molecular weight is 333 g/mol. The fourth-order valence-corrected chi connectivity index (χ4v) is 3.33. The summed E-state index contributed by atoms with van der Waals surface area (Å²) >= 11 is 0. The smallest absolute Gasteiger partial charge is 0.258 e. The molecule has 2 aromatic heterocycles. The van der Waals surface area contributed by atoms with Crippen LogP contribution in [-0.4, -0.2) is 15.8 Å². The third kappa shape index (κ3) is 2.89. The minimum Gasteiger partial charge on any atom is -0.467 e. The van der Waals surface area contributed by atoms with Crippen molar-refractivity contribution in [3.63, 3.8) is 0 Å². The Balaban J connectivity index is 1.71. The third-order valence-electron chi connectivity index (χ3n) is 4.33. The molecule has 0 aliphatic carbocycles. The molecule has 3 aromatic rings. The summed E-state index contributed by atoms with van der Waals surface area (Å²) in [6.07, 6.45) is 3.02. The number of carbonyl (C=O) groups is 1. The van der Waals surface area contributed by atoms with E-state index in [1.54, 1.807) is 23.4 Å². The normalized spacial score (nSPS) is 16.2. The number of benzene rings is 1. The Hall–Kier alpha value is -3.08. The molecule has 1 aliphatic rings. The van der Waals surface area contributed by atoms with Gasteiger partial charge in [0, 0.05) is 11.9 Å². The first-order valence-electron chi connectivity index (χ1n) is 8.25. The van der Waals surface area contributed by atoms with Crippen LogP contribution in [0, 0.1) is 13.8 Å².